The van der Waals surface area contributed by atoms with Gasteiger partial charge in [-0.05, 0) is 131 Å². The Hall–Kier alpha value is -8.30. The molecule has 8 aromatic rings. The highest BCUT2D eigenvalue weighted by atomic mass is 19.1. The van der Waals surface area contributed by atoms with Crippen LogP contribution in [-0.4, -0.2) is 65.4 Å². The molecule has 0 aliphatic heterocycles. The summed E-state index contributed by atoms with van der Waals surface area (Å²) in [5, 5.41) is 9.08. The minimum absolute atomic E-state index is 0.0745. The third kappa shape index (κ3) is 13.9. The lowest BCUT2D eigenvalue weighted by Gasteiger charge is -2.19. The van der Waals surface area contributed by atoms with E-state index in [1.54, 1.807) is 109 Å². The first-order chi connectivity index (χ1) is 33.0. The number of hydrogen-bond donors (Lipinski definition) is 1. The first-order valence-corrected chi connectivity index (χ1v) is 21.8. The molecule has 0 spiro atoms. The number of aliphatic imine (C=N–C) groups is 1. The van der Waals surface area contributed by atoms with Crippen molar-refractivity contribution in [2.24, 2.45) is 10.7 Å². The van der Waals surface area contributed by atoms with Gasteiger partial charge >= 0.3 is 12.2 Å². The highest BCUT2D eigenvalue weighted by Gasteiger charge is 2.28. The molecule has 352 valence electrons. The maximum atomic E-state index is 13.6. The molecule has 4 aromatic carbocycles. The predicted molar refractivity (Wildman–Crippen MR) is 262 cm³/mol. The van der Waals surface area contributed by atoms with Gasteiger partial charge in [-0.1, -0.05) is 60.7 Å². The number of carbonyl (C=O) groups is 3. The van der Waals surface area contributed by atoms with Crippen LogP contribution in [0, 0.1) is 11.6 Å². The van der Waals surface area contributed by atoms with E-state index in [2.05, 4.69) is 25.2 Å². The molecular weight excluding hydrogens is 879 g/mol. The molecule has 4 heterocycles. The Kier molecular flexibility index (Phi) is 16.7. The van der Waals surface area contributed by atoms with Crippen LogP contribution in [0.1, 0.15) is 68.9 Å². The molecule has 0 amide bonds. The van der Waals surface area contributed by atoms with E-state index in [4.69, 9.17) is 15.2 Å². The SMILES string of the molecule is CC(C)(C)OC(=O)n1nc(-c2ccc(F)cc2)c(-c2ccncc2)c1CN.CC(C)(C)OC(=O)n1nc(-c2ccc(F)cc2)c(-c2ccncc2)c1CN=Cc1ccccc1.O=Cc1ccccc1. The molecule has 0 radical (unpaired) electrons. The second kappa shape index (κ2) is 22.9. The molecule has 0 unspecified atom stereocenters. The number of aldehydes is 1. The molecule has 0 aliphatic rings. The zero-order valence-corrected chi connectivity index (χ0v) is 39.1. The third-order valence-corrected chi connectivity index (χ3v) is 9.68. The Morgan fingerprint density at radius 2 is 0.957 bits per heavy atom. The molecule has 0 saturated carbocycles. The molecular formula is C54H52F2N8O5. The molecule has 4 aromatic heterocycles. The zero-order chi connectivity index (χ0) is 49.6. The summed E-state index contributed by atoms with van der Waals surface area (Å²) in [5.41, 5.74) is 12.7. The van der Waals surface area contributed by atoms with E-state index in [-0.39, 0.29) is 24.7 Å². The lowest BCUT2D eigenvalue weighted by Crippen LogP contribution is -2.29. The van der Waals surface area contributed by atoms with Gasteiger partial charge < -0.3 is 15.2 Å². The van der Waals surface area contributed by atoms with Gasteiger partial charge in [-0.2, -0.15) is 19.6 Å². The van der Waals surface area contributed by atoms with Crippen molar-refractivity contribution in [2.45, 2.75) is 65.8 Å². The summed E-state index contributed by atoms with van der Waals surface area (Å²) in [5.74, 6) is -0.705. The van der Waals surface area contributed by atoms with E-state index in [1.165, 1.54) is 33.6 Å². The number of nitrogens with zero attached hydrogens (tertiary/aromatic N) is 7. The van der Waals surface area contributed by atoms with Crippen LogP contribution in [0.5, 0.6) is 0 Å². The highest BCUT2D eigenvalue weighted by molar-refractivity contribution is 5.88. The molecule has 0 fully saturated rings. The van der Waals surface area contributed by atoms with Gasteiger partial charge in [-0.3, -0.25) is 19.8 Å². The standard InChI is InChI=1S/C27H25FN4O2.C20H21FN4O2.C7H6O/c1-27(2,3)34-26(33)32-23(18-30-17-19-7-5-4-6-8-19)24(20-13-15-29-16-14-20)25(31-32)21-9-11-22(28)12-10-21;1-20(2,3)27-19(26)25-16(12-22)17(13-8-10-23-11-9-13)18(24-25)14-4-6-15(21)7-5-14;8-6-7-4-2-1-3-5-7/h4-17H,18H2,1-3H3;4-11H,12,22H2,1-3H3;1-6H. The van der Waals surface area contributed by atoms with Crippen molar-refractivity contribution in [3.63, 3.8) is 0 Å². The van der Waals surface area contributed by atoms with E-state index < -0.39 is 23.4 Å². The number of nitrogens with two attached hydrogens (primary N) is 1. The molecule has 69 heavy (non-hydrogen) atoms. The average molecular weight is 931 g/mol. The third-order valence-electron chi connectivity index (χ3n) is 9.68. The Balaban J connectivity index is 0.000000199. The first-order valence-electron chi connectivity index (χ1n) is 21.8. The zero-order valence-electron chi connectivity index (χ0n) is 39.1. The number of aromatic nitrogens is 6. The van der Waals surface area contributed by atoms with Gasteiger partial charge in [-0.25, -0.2) is 18.4 Å². The molecule has 15 heteroatoms. The predicted octanol–water partition coefficient (Wildman–Crippen LogP) is 11.6. The van der Waals surface area contributed by atoms with Gasteiger partial charge in [-0.15, -0.1) is 0 Å². The summed E-state index contributed by atoms with van der Waals surface area (Å²) in [7, 11) is 0. The fraction of sp³-hybridized carbons (Fsp3) is 0.185. The smallest absolute Gasteiger partial charge is 0.435 e. The van der Waals surface area contributed by atoms with Gasteiger partial charge in [0.2, 0.25) is 0 Å². The summed E-state index contributed by atoms with van der Waals surface area (Å²) in [4.78, 5) is 48.6. The fourth-order valence-electron chi connectivity index (χ4n) is 6.72. The van der Waals surface area contributed by atoms with Crippen LogP contribution in [0.2, 0.25) is 0 Å². The summed E-state index contributed by atoms with van der Waals surface area (Å²) in [6.07, 6.45) is 7.99. The van der Waals surface area contributed by atoms with Crippen molar-refractivity contribution in [3.8, 4) is 44.8 Å². The number of benzene rings is 4. The van der Waals surface area contributed by atoms with E-state index in [0.717, 1.165) is 28.5 Å². The Labute approximate surface area is 399 Å². The Bertz CT molecular complexity index is 2970. The van der Waals surface area contributed by atoms with Crippen LogP contribution in [0.3, 0.4) is 0 Å². The number of halogens is 2. The quantitative estimate of drug-likeness (QED) is 0.109. The molecule has 13 nitrogen and oxygen atoms in total. The topological polar surface area (TPSA) is 169 Å². The van der Waals surface area contributed by atoms with Gasteiger partial charge in [0.25, 0.3) is 0 Å². The average Bonchev–Trinajstić information content (AvgIpc) is 3.92. The van der Waals surface area contributed by atoms with Crippen LogP contribution < -0.4 is 5.73 Å². The fourth-order valence-corrected chi connectivity index (χ4v) is 6.72. The number of pyridine rings is 2. The minimum Gasteiger partial charge on any atom is -0.442 e. The van der Waals surface area contributed by atoms with Crippen LogP contribution in [0.15, 0.2) is 163 Å². The van der Waals surface area contributed by atoms with Gasteiger partial charge in [0.05, 0.1) is 17.9 Å². The van der Waals surface area contributed by atoms with Crippen molar-refractivity contribution in [1.82, 2.24) is 29.5 Å². The number of carbonyl (C=O) groups excluding carboxylic acids is 3. The molecule has 0 saturated heterocycles. The van der Waals surface area contributed by atoms with Crippen LogP contribution >= 0.6 is 0 Å². The van der Waals surface area contributed by atoms with Crippen molar-refractivity contribution >= 4 is 24.7 Å². The lowest BCUT2D eigenvalue weighted by atomic mass is 9.99. The Morgan fingerprint density at radius 1 is 0.565 bits per heavy atom. The van der Waals surface area contributed by atoms with Crippen molar-refractivity contribution in [2.75, 3.05) is 0 Å². The van der Waals surface area contributed by atoms with Gasteiger partial charge in [0.15, 0.2) is 0 Å². The largest absolute Gasteiger partial charge is 0.442 e. The molecule has 0 atom stereocenters. The monoisotopic (exact) mass is 930 g/mol. The van der Waals surface area contributed by atoms with Gasteiger partial charge in [0.1, 0.15) is 40.5 Å². The van der Waals surface area contributed by atoms with Crippen LogP contribution in [0.25, 0.3) is 44.8 Å². The second-order valence-electron chi connectivity index (χ2n) is 17.2. The summed E-state index contributed by atoms with van der Waals surface area (Å²) in [6, 6.07) is 38.0. The maximum absolute atomic E-state index is 13.6. The van der Waals surface area contributed by atoms with E-state index in [0.29, 0.717) is 45.0 Å². The second-order valence-corrected chi connectivity index (χ2v) is 17.2. The number of rotatable bonds is 9. The lowest BCUT2D eigenvalue weighted by molar-refractivity contribution is 0.0499. The summed E-state index contributed by atoms with van der Waals surface area (Å²) >= 11 is 0. The molecule has 8 rings (SSSR count). The molecule has 0 aliphatic carbocycles. The highest BCUT2D eigenvalue weighted by Crippen LogP contribution is 2.37. The normalized spacial score (nSPS) is 11.2. The number of ether oxygens (including phenoxy) is 2. The summed E-state index contributed by atoms with van der Waals surface area (Å²) < 4.78 is 40.5. The maximum Gasteiger partial charge on any atom is 0.435 e. The van der Waals surface area contributed by atoms with Crippen molar-refractivity contribution in [1.29, 1.82) is 0 Å². The van der Waals surface area contributed by atoms with Crippen molar-refractivity contribution in [3.05, 3.63) is 192 Å². The Morgan fingerprint density at radius 3 is 1.33 bits per heavy atom. The first kappa shape index (κ1) is 50.1. The van der Waals surface area contributed by atoms with Crippen LogP contribution in [-0.2, 0) is 22.6 Å². The van der Waals surface area contributed by atoms with E-state index in [9.17, 15) is 23.2 Å². The molecule has 0 bridgehead atoms. The molecule has 2 N–H and O–H groups in total. The summed E-state index contributed by atoms with van der Waals surface area (Å²) in [6.45, 7) is 11.0. The number of hydrogen-bond acceptors (Lipinski definition) is 11. The van der Waals surface area contributed by atoms with Gasteiger partial charge in [0, 0.05) is 65.4 Å². The van der Waals surface area contributed by atoms with E-state index >= 15 is 0 Å². The van der Waals surface area contributed by atoms with Crippen LogP contribution in [0.4, 0.5) is 18.4 Å². The minimum atomic E-state index is -0.708. The van der Waals surface area contributed by atoms with E-state index in [1.807, 2.05) is 72.8 Å². The van der Waals surface area contributed by atoms with Crippen molar-refractivity contribution < 1.29 is 32.6 Å².